The normalized spacial score (nSPS) is 11.4. The number of benzene rings is 2. The maximum absolute atomic E-state index is 12.8. The molecule has 2 rings (SSSR count). The minimum atomic E-state index is -0.401. The second-order valence-electron chi connectivity index (χ2n) is 3.73. The van der Waals surface area contributed by atoms with Crippen molar-refractivity contribution in [3.63, 3.8) is 0 Å². The monoisotopic (exact) mass is 213 g/mol. The van der Waals surface area contributed by atoms with Crippen LogP contribution in [-0.4, -0.2) is 6.54 Å². The van der Waals surface area contributed by atoms with Gasteiger partial charge in [-0.1, -0.05) is 36.4 Å². The number of nitrogens with zero attached hydrogens (tertiary/aromatic N) is 1. The van der Waals surface area contributed by atoms with Gasteiger partial charge in [0.25, 0.3) is 0 Å². The molecule has 0 N–H and O–H groups in total. The molecule has 0 fully saturated rings. The molecule has 0 saturated carbocycles. The molecule has 0 bridgehead atoms. The Labute approximate surface area is 95.9 Å². The van der Waals surface area contributed by atoms with Crippen LogP contribution in [0.4, 0.5) is 11.4 Å². The van der Waals surface area contributed by atoms with E-state index in [4.69, 9.17) is 0 Å². The summed E-state index contributed by atoms with van der Waals surface area (Å²) in [5.74, 6) is 0. The summed E-state index contributed by atoms with van der Waals surface area (Å²) >= 11 is 0. The van der Waals surface area contributed by atoms with Gasteiger partial charge in [0.2, 0.25) is 0 Å². The molecular formula is C14H15NO. The van der Waals surface area contributed by atoms with Gasteiger partial charge in [-0.25, -0.2) is 0 Å². The maximum atomic E-state index is 12.8. The van der Waals surface area contributed by atoms with Crippen LogP contribution < -0.4 is 4.65 Å². The van der Waals surface area contributed by atoms with E-state index in [2.05, 4.69) is 0 Å². The lowest BCUT2D eigenvalue weighted by Gasteiger charge is -2.40. The Bertz CT molecular complexity index is 399. The Kier molecular flexibility index (Phi) is 3.04. The third-order valence-electron chi connectivity index (χ3n) is 2.79. The lowest BCUT2D eigenvalue weighted by molar-refractivity contribution is 0.534. The average Bonchev–Trinajstić information content (AvgIpc) is 2.40. The number of para-hydroxylation sites is 2. The van der Waals surface area contributed by atoms with Gasteiger partial charge < -0.3 is 5.21 Å². The van der Waals surface area contributed by atoms with Crippen LogP contribution in [0.5, 0.6) is 0 Å². The van der Waals surface area contributed by atoms with Gasteiger partial charge in [-0.05, 0) is 31.2 Å². The fourth-order valence-electron chi connectivity index (χ4n) is 1.85. The minimum absolute atomic E-state index is 0.401. The van der Waals surface area contributed by atoms with Crippen molar-refractivity contribution in [3.8, 4) is 0 Å². The Balaban J connectivity index is 2.49. The molecule has 0 unspecified atom stereocenters. The first-order chi connectivity index (χ1) is 7.77. The van der Waals surface area contributed by atoms with Crippen molar-refractivity contribution in [1.82, 2.24) is 4.65 Å². The molecule has 82 valence electrons. The SMILES string of the molecule is CC[N+]([O-])(c1ccccc1)c1ccccc1. The molecule has 0 amide bonds. The van der Waals surface area contributed by atoms with Gasteiger partial charge >= 0.3 is 0 Å². The number of rotatable bonds is 3. The summed E-state index contributed by atoms with van der Waals surface area (Å²) in [7, 11) is 0. The lowest BCUT2D eigenvalue weighted by Crippen LogP contribution is -2.36. The van der Waals surface area contributed by atoms with Gasteiger partial charge in [0.1, 0.15) is 11.4 Å². The van der Waals surface area contributed by atoms with E-state index in [0.717, 1.165) is 11.4 Å². The number of quaternary nitrogens is 1. The molecule has 0 saturated heterocycles. The first-order valence-corrected chi connectivity index (χ1v) is 5.47. The zero-order valence-corrected chi connectivity index (χ0v) is 9.34. The van der Waals surface area contributed by atoms with E-state index in [1.54, 1.807) is 0 Å². The quantitative estimate of drug-likeness (QED) is 0.561. The Morgan fingerprint density at radius 3 is 1.50 bits per heavy atom. The first-order valence-electron chi connectivity index (χ1n) is 5.47. The number of hydrogen-bond donors (Lipinski definition) is 0. The van der Waals surface area contributed by atoms with Crippen LogP contribution in [0.15, 0.2) is 60.7 Å². The van der Waals surface area contributed by atoms with Gasteiger partial charge in [-0.15, -0.1) is 0 Å². The van der Waals surface area contributed by atoms with Crippen LogP contribution in [0.1, 0.15) is 6.92 Å². The van der Waals surface area contributed by atoms with E-state index in [0.29, 0.717) is 6.54 Å². The van der Waals surface area contributed by atoms with Crippen LogP contribution in [0.25, 0.3) is 0 Å². The largest absolute Gasteiger partial charge is 0.622 e. The highest BCUT2D eigenvalue weighted by Crippen LogP contribution is 2.32. The van der Waals surface area contributed by atoms with Gasteiger partial charge in [0, 0.05) is 0 Å². The molecule has 2 nitrogen and oxygen atoms in total. The second kappa shape index (κ2) is 4.47. The Morgan fingerprint density at radius 1 is 0.812 bits per heavy atom. The van der Waals surface area contributed by atoms with Crippen molar-refractivity contribution >= 4 is 11.4 Å². The van der Waals surface area contributed by atoms with E-state index in [1.165, 1.54) is 0 Å². The molecule has 2 aromatic rings. The van der Waals surface area contributed by atoms with Crippen molar-refractivity contribution in [1.29, 1.82) is 0 Å². The van der Waals surface area contributed by atoms with Crippen LogP contribution in [-0.2, 0) is 0 Å². The standard InChI is InChI=1S/C14H15NO/c1-2-15(16,13-9-5-3-6-10-13)14-11-7-4-8-12-14/h3-12H,2H2,1H3. The molecule has 16 heavy (non-hydrogen) atoms. The van der Waals surface area contributed by atoms with Crippen LogP contribution in [0.2, 0.25) is 0 Å². The smallest absolute Gasteiger partial charge is 0.137 e. The van der Waals surface area contributed by atoms with Crippen molar-refractivity contribution in [2.75, 3.05) is 6.54 Å². The van der Waals surface area contributed by atoms with Crippen molar-refractivity contribution in [3.05, 3.63) is 65.9 Å². The highest BCUT2D eigenvalue weighted by atomic mass is 16.5. The van der Waals surface area contributed by atoms with Gasteiger partial charge in [-0.2, -0.15) is 0 Å². The van der Waals surface area contributed by atoms with Crippen molar-refractivity contribution in [2.45, 2.75) is 6.92 Å². The number of hydroxylamine groups is 1. The van der Waals surface area contributed by atoms with E-state index in [9.17, 15) is 5.21 Å². The lowest BCUT2D eigenvalue weighted by atomic mass is 10.2. The van der Waals surface area contributed by atoms with E-state index in [-0.39, 0.29) is 0 Å². The average molecular weight is 213 g/mol. The molecule has 0 radical (unpaired) electrons. The van der Waals surface area contributed by atoms with Gasteiger partial charge in [0.15, 0.2) is 0 Å². The zero-order chi connectivity index (χ0) is 11.4. The molecular weight excluding hydrogens is 198 g/mol. The fourth-order valence-corrected chi connectivity index (χ4v) is 1.85. The molecule has 2 heteroatoms. The third-order valence-corrected chi connectivity index (χ3v) is 2.79. The van der Waals surface area contributed by atoms with Gasteiger partial charge in [-0.3, -0.25) is 4.65 Å². The van der Waals surface area contributed by atoms with Gasteiger partial charge in [0.05, 0.1) is 6.54 Å². The molecule has 0 aliphatic carbocycles. The summed E-state index contributed by atoms with van der Waals surface area (Å²) in [6, 6.07) is 19.0. The van der Waals surface area contributed by atoms with Crippen LogP contribution in [0, 0.1) is 5.21 Å². The Morgan fingerprint density at radius 2 is 1.19 bits per heavy atom. The maximum Gasteiger partial charge on any atom is 0.137 e. The number of hydrogen-bond acceptors (Lipinski definition) is 1. The topological polar surface area (TPSA) is 23.1 Å². The molecule has 2 aromatic carbocycles. The highest BCUT2D eigenvalue weighted by Gasteiger charge is 2.20. The summed E-state index contributed by atoms with van der Waals surface area (Å²) in [4.78, 5) is 0. The fraction of sp³-hybridized carbons (Fsp3) is 0.143. The van der Waals surface area contributed by atoms with Crippen LogP contribution >= 0.6 is 0 Å². The Hall–Kier alpha value is -1.64. The second-order valence-corrected chi connectivity index (χ2v) is 3.73. The molecule has 0 aromatic heterocycles. The summed E-state index contributed by atoms with van der Waals surface area (Å²) in [5.41, 5.74) is 1.55. The molecule has 0 heterocycles. The first kappa shape index (κ1) is 10.9. The van der Waals surface area contributed by atoms with E-state index in [1.807, 2.05) is 67.6 Å². The molecule has 0 spiro atoms. The molecule has 0 aliphatic heterocycles. The van der Waals surface area contributed by atoms with E-state index < -0.39 is 4.65 Å². The predicted octanol–water partition coefficient (Wildman–Crippen LogP) is 3.84. The summed E-state index contributed by atoms with van der Waals surface area (Å²) < 4.78 is -0.401. The molecule has 0 aliphatic rings. The van der Waals surface area contributed by atoms with E-state index >= 15 is 0 Å². The third kappa shape index (κ3) is 1.85. The molecule has 0 atom stereocenters. The minimum Gasteiger partial charge on any atom is -0.622 e. The zero-order valence-electron chi connectivity index (χ0n) is 9.34. The summed E-state index contributed by atoms with van der Waals surface area (Å²) in [6.45, 7) is 2.40. The highest BCUT2D eigenvalue weighted by molar-refractivity contribution is 5.58. The summed E-state index contributed by atoms with van der Waals surface area (Å²) in [5, 5.41) is 12.8. The predicted molar refractivity (Wildman–Crippen MR) is 68.2 cm³/mol. The van der Waals surface area contributed by atoms with Crippen molar-refractivity contribution < 1.29 is 0 Å². The van der Waals surface area contributed by atoms with Crippen LogP contribution in [0.3, 0.4) is 0 Å². The van der Waals surface area contributed by atoms with Crippen molar-refractivity contribution in [2.24, 2.45) is 0 Å². The summed E-state index contributed by atoms with van der Waals surface area (Å²) in [6.07, 6.45) is 0.